The molecule has 0 heterocycles. The van der Waals surface area contributed by atoms with E-state index in [1.165, 1.54) is 11.8 Å². The van der Waals surface area contributed by atoms with Crippen LogP contribution in [0.3, 0.4) is 0 Å². The maximum atomic E-state index is 11.2. The predicted octanol–water partition coefficient (Wildman–Crippen LogP) is 0.737. The molecule has 0 spiro atoms. The van der Waals surface area contributed by atoms with Crippen molar-refractivity contribution in [3.05, 3.63) is 0 Å². The third-order valence-corrected chi connectivity index (χ3v) is 2.83. The Labute approximate surface area is 111 Å². The van der Waals surface area contributed by atoms with Crippen LogP contribution in [0.5, 0.6) is 0 Å². The number of rotatable bonds is 10. The van der Waals surface area contributed by atoms with Gasteiger partial charge in [0.05, 0.1) is 12.3 Å². The van der Waals surface area contributed by atoms with Crippen molar-refractivity contribution in [1.29, 1.82) is 0 Å². The summed E-state index contributed by atoms with van der Waals surface area (Å²) in [6.07, 6.45) is 0.781. The molecule has 2 atom stereocenters. The average Bonchev–Trinajstić information content (AvgIpc) is 2.30. The van der Waals surface area contributed by atoms with Crippen molar-refractivity contribution in [3.8, 4) is 0 Å². The summed E-state index contributed by atoms with van der Waals surface area (Å²) < 4.78 is 0. The molecule has 7 heteroatoms. The van der Waals surface area contributed by atoms with Gasteiger partial charge in [0.25, 0.3) is 0 Å². The minimum absolute atomic E-state index is 0.0274. The minimum atomic E-state index is -1.05. The summed E-state index contributed by atoms with van der Waals surface area (Å²) in [5.41, 5.74) is 0. The SMILES string of the molecule is CCCC(C(=O)O)N(CCC(=O)O)CC(C)C(=O)O. The van der Waals surface area contributed by atoms with E-state index in [0.717, 1.165) is 0 Å². The molecule has 0 saturated carbocycles. The summed E-state index contributed by atoms with van der Waals surface area (Å²) in [7, 11) is 0. The molecule has 2 unspecified atom stereocenters. The van der Waals surface area contributed by atoms with Crippen molar-refractivity contribution in [1.82, 2.24) is 4.90 Å². The van der Waals surface area contributed by atoms with E-state index >= 15 is 0 Å². The van der Waals surface area contributed by atoms with Gasteiger partial charge in [0, 0.05) is 13.1 Å². The van der Waals surface area contributed by atoms with Crippen LogP contribution in [0.15, 0.2) is 0 Å². The fraction of sp³-hybridized carbons (Fsp3) is 0.750. The Hall–Kier alpha value is -1.63. The van der Waals surface area contributed by atoms with Crippen molar-refractivity contribution in [2.75, 3.05) is 13.1 Å². The Morgan fingerprint density at radius 2 is 1.68 bits per heavy atom. The summed E-state index contributed by atoms with van der Waals surface area (Å²) in [6.45, 7) is 3.36. The molecule has 0 aromatic rings. The molecule has 0 aliphatic rings. The standard InChI is InChI=1S/C12H21NO6/c1-3-4-9(12(18)19)13(6-5-10(14)15)7-8(2)11(16)17/h8-9H,3-7H2,1-2H3,(H,14,15)(H,16,17)(H,18,19). The third-order valence-electron chi connectivity index (χ3n) is 2.83. The number of hydrogen-bond donors (Lipinski definition) is 3. The summed E-state index contributed by atoms with van der Waals surface area (Å²) in [5.74, 6) is -3.85. The fourth-order valence-electron chi connectivity index (χ4n) is 1.78. The molecule has 110 valence electrons. The lowest BCUT2D eigenvalue weighted by atomic mass is 10.1. The molecule has 0 rings (SSSR count). The van der Waals surface area contributed by atoms with Crippen LogP contribution in [0.25, 0.3) is 0 Å². The molecule has 7 nitrogen and oxygen atoms in total. The van der Waals surface area contributed by atoms with Gasteiger partial charge in [-0.05, 0) is 6.42 Å². The molecule has 0 aliphatic carbocycles. The number of carbonyl (C=O) groups is 3. The first-order valence-electron chi connectivity index (χ1n) is 6.21. The molecule has 0 aliphatic heterocycles. The van der Waals surface area contributed by atoms with Crippen LogP contribution in [-0.4, -0.2) is 57.3 Å². The molecule has 0 aromatic heterocycles. The molecular weight excluding hydrogens is 254 g/mol. The quantitative estimate of drug-likeness (QED) is 0.538. The van der Waals surface area contributed by atoms with Crippen LogP contribution >= 0.6 is 0 Å². The van der Waals surface area contributed by atoms with E-state index in [2.05, 4.69) is 0 Å². The van der Waals surface area contributed by atoms with Gasteiger partial charge in [0.2, 0.25) is 0 Å². The van der Waals surface area contributed by atoms with Crippen LogP contribution in [0.2, 0.25) is 0 Å². The lowest BCUT2D eigenvalue weighted by Crippen LogP contribution is -2.45. The zero-order chi connectivity index (χ0) is 15.0. The van der Waals surface area contributed by atoms with Gasteiger partial charge in [-0.3, -0.25) is 19.3 Å². The Bertz CT molecular complexity index is 330. The van der Waals surface area contributed by atoms with Crippen LogP contribution in [0, 0.1) is 5.92 Å². The van der Waals surface area contributed by atoms with Gasteiger partial charge < -0.3 is 15.3 Å². The first kappa shape index (κ1) is 17.4. The van der Waals surface area contributed by atoms with Crippen molar-refractivity contribution in [2.24, 2.45) is 5.92 Å². The van der Waals surface area contributed by atoms with Gasteiger partial charge in [-0.25, -0.2) is 0 Å². The van der Waals surface area contributed by atoms with Crippen LogP contribution in [-0.2, 0) is 14.4 Å². The molecule has 0 saturated heterocycles. The maximum Gasteiger partial charge on any atom is 0.320 e. The highest BCUT2D eigenvalue weighted by Gasteiger charge is 2.28. The van der Waals surface area contributed by atoms with Gasteiger partial charge in [0.15, 0.2) is 0 Å². The van der Waals surface area contributed by atoms with Crippen LogP contribution < -0.4 is 0 Å². The number of aliphatic carboxylic acids is 3. The highest BCUT2D eigenvalue weighted by molar-refractivity contribution is 5.74. The Balaban J connectivity index is 4.83. The molecule has 0 radical (unpaired) electrons. The number of nitrogens with zero attached hydrogens (tertiary/aromatic N) is 1. The highest BCUT2D eigenvalue weighted by Crippen LogP contribution is 2.12. The molecule has 0 aromatic carbocycles. The Kier molecular flexibility index (Phi) is 7.74. The van der Waals surface area contributed by atoms with E-state index < -0.39 is 29.9 Å². The van der Waals surface area contributed by atoms with Crippen LogP contribution in [0.4, 0.5) is 0 Å². The second kappa shape index (κ2) is 8.47. The molecule has 3 N–H and O–H groups in total. The molecule has 19 heavy (non-hydrogen) atoms. The van der Waals surface area contributed by atoms with Gasteiger partial charge >= 0.3 is 17.9 Å². The first-order valence-corrected chi connectivity index (χ1v) is 6.21. The van der Waals surface area contributed by atoms with E-state index in [4.69, 9.17) is 15.3 Å². The first-order chi connectivity index (χ1) is 8.79. The van der Waals surface area contributed by atoms with Gasteiger partial charge in [-0.15, -0.1) is 0 Å². The molecule has 0 bridgehead atoms. The second-order valence-corrected chi connectivity index (χ2v) is 4.52. The predicted molar refractivity (Wildman–Crippen MR) is 67.0 cm³/mol. The summed E-state index contributed by atoms with van der Waals surface area (Å²) in [5, 5.41) is 26.7. The summed E-state index contributed by atoms with van der Waals surface area (Å²) in [6, 6.07) is -0.842. The van der Waals surface area contributed by atoms with E-state index in [0.29, 0.717) is 12.8 Å². The Morgan fingerprint density at radius 3 is 2.05 bits per heavy atom. The highest BCUT2D eigenvalue weighted by atomic mass is 16.4. The van der Waals surface area contributed by atoms with Crippen LogP contribution in [0.1, 0.15) is 33.1 Å². The lowest BCUT2D eigenvalue weighted by molar-refractivity contribution is -0.148. The normalized spacial score (nSPS) is 14.1. The van der Waals surface area contributed by atoms with Gasteiger partial charge in [-0.2, -0.15) is 0 Å². The summed E-state index contributed by atoms with van der Waals surface area (Å²) >= 11 is 0. The van der Waals surface area contributed by atoms with E-state index in [9.17, 15) is 14.4 Å². The number of carboxylic acids is 3. The largest absolute Gasteiger partial charge is 0.481 e. The molecule has 0 amide bonds. The van der Waals surface area contributed by atoms with Crippen molar-refractivity contribution in [3.63, 3.8) is 0 Å². The van der Waals surface area contributed by atoms with Crippen molar-refractivity contribution < 1.29 is 29.7 Å². The molecule has 0 fully saturated rings. The van der Waals surface area contributed by atoms with Crippen molar-refractivity contribution in [2.45, 2.75) is 39.2 Å². The van der Waals surface area contributed by atoms with Gasteiger partial charge in [0.1, 0.15) is 6.04 Å². The van der Waals surface area contributed by atoms with Gasteiger partial charge in [-0.1, -0.05) is 20.3 Å². The monoisotopic (exact) mass is 275 g/mol. The topological polar surface area (TPSA) is 115 Å². The maximum absolute atomic E-state index is 11.2. The van der Waals surface area contributed by atoms with E-state index in [1.807, 2.05) is 6.92 Å². The zero-order valence-corrected chi connectivity index (χ0v) is 11.2. The number of hydrogen-bond acceptors (Lipinski definition) is 4. The Morgan fingerprint density at radius 1 is 1.11 bits per heavy atom. The zero-order valence-electron chi connectivity index (χ0n) is 11.2. The summed E-state index contributed by atoms with van der Waals surface area (Å²) in [4.78, 5) is 34.0. The molecular formula is C12H21NO6. The lowest BCUT2D eigenvalue weighted by Gasteiger charge is -2.29. The minimum Gasteiger partial charge on any atom is -0.481 e. The average molecular weight is 275 g/mol. The smallest absolute Gasteiger partial charge is 0.320 e. The van der Waals surface area contributed by atoms with E-state index in [-0.39, 0.29) is 19.5 Å². The van der Waals surface area contributed by atoms with Crippen molar-refractivity contribution >= 4 is 17.9 Å². The fourth-order valence-corrected chi connectivity index (χ4v) is 1.78. The second-order valence-electron chi connectivity index (χ2n) is 4.52. The number of carboxylic acid groups (broad SMARTS) is 3. The van der Waals surface area contributed by atoms with E-state index in [1.54, 1.807) is 0 Å². The third kappa shape index (κ3) is 6.76.